The summed E-state index contributed by atoms with van der Waals surface area (Å²) >= 11 is 1.54. The van der Waals surface area contributed by atoms with Crippen LogP contribution >= 0.6 is 11.3 Å². The van der Waals surface area contributed by atoms with Crippen LogP contribution in [0.5, 0.6) is 0 Å². The summed E-state index contributed by atoms with van der Waals surface area (Å²) in [7, 11) is 0. The Hall–Kier alpha value is -2.86. The Morgan fingerprint density at radius 2 is 1.68 bits per heavy atom. The zero-order chi connectivity index (χ0) is 19.3. The first-order valence-electron chi connectivity index (χ1n) is 9.54. The van der Waals surface area contributed by atoms with E-state index in [0.29, 0.717) is 12.2 Å². The zero-order valence-electron chi connectivity index (χ0n) is 16.0. The summed E-state index contributed by atoms with van der Waals surface area (Å²) in [6.07, 6.45) is 0. The minimum Gasteiger partial charge on any atom is -0.368 e. The van der Waals surface area contributed by atoms with E-state index in [1.807, 2.05) is 29.6 Å². The van der Waals surface area contributed by atoms with Crippen LogP contribution in [0.4, 0.5) is 10.8 Å². The van der Waals surface area contributed by atoms with Crippen molar-refractivity contribution in [2.45, 2.75) is 13.5 Å². The maximum absolute atomic E-state index is 12.5. The molecule has 144 valence electrons. The highest BCUT2D eigenvalue weighted by Crippen LogP contribution is 2.24. The molecule has 1 saturated heterocycles. The average molecular weight is 393 g/mol. The van der Waals surface area contributed by atoms with Crippen molar-refractivity contribution < 1.29 is 4.79 Å². The van der Waals surface area contributed by atoms with Gasteiger partial charge in [0.05, 0.1) is 0 Å². The molecular formula is C22H24N4OS. The molecule has 1 N–H and O–H groups in total. The number of piperazine rings is 1. The number of thiazole rings is 1. The summed E-state index contributed by atoms with van der Waals surface area (Å²) in [6, 6.07) is 18.6. The number of para-hydroxylation sites is 1. The molecule has 0 radical (unpaired) electrons. The summed E-state index contributed by atoms with van der Waals surface area (Å²) in [6.45, 7) is 6.31. The molecule has 1 aliphatic heterocycles. The lowest BCUT2D eigenvalue weighted by Gasteiger charge is -2.35. The maximum Gasteiger partial charge on any atom is 0.271 e. The lowest BCUT2D eigenvalue weighted by Crippen LogP contribution is -2.46. The van der Waals surface area contributed by atoms with Crippen molar-refractivity contribution in [2.75, 3.05) is 36.0 Å². The molecule has 5 nitrogen and oxygen atoms in total. The Kier molecular flexibility index (Phi) is 5.58. The van der Waals surface area contributed by atoms with Crippen LogP contribution in [-0.2, 0) is 6.54 Å². The molecule has 0 atom stereocenters. The monoisotopic (exact) mass is 392 g/mol. The smallest absolute Gasteiger partial charge is 0.271 e. The molecule has 4 rings (SSSR count). The van der Waals surface area contributed by atoms with Crippen LogP contribution < -0.4 is 15.1 Å². The summed E-state index contributed by atoms with van der Waals surface area (Å²) in [4.78, 5) is 21.7. The van der Waals surface area contributed by atoms with Crippen molar-refractivity contribution in [2.24, 2.45) is 0 Å². The number of nitrogens with one attached hydrogen (secondary N) is 1. The Morgan fingerprint density at radius 1 is 1.00 bits per heavy atom. The largest absolute Gasteiger partial charge is 0.368 e. The SMILES string of the molecule is Cc1ccccc1CNC(=O)c1csc(N2CCN(c3ccccc3)CC2)n1. The number of aromatic nitrogens is 1. The maximum atomic E-state index is 12.5. The van der Waals surface area contributed by atoms with Crippen LogP contribution in [0.1, 0.15) is 21.6 Å². The standard InChI is InChI=1S/C22H24N4OS/c1-17-7-5-6-8-18(17)15-23-21(27)20-16-28-22(24-20)26-13-11-25(12-14-26)19-9-3-2-4-10-19/h2-10,16H,11-15H2,1H3,(H,23,27). The van der Waals surface area contributed by atoms with Crippen LogP contribution in [0.15, 0.2) is 60.0 Å². The van der Waals surface area contributed by atoms with Gasteiger partial charge in [0.25, 0.3) is 5.91 Å². The van der Waals surface area contributed by atoms with Gasteiger partial charge in [-0.3, -0.25) is 4.79 Å². The number of carbonyl (C=O) groups excluding carboxylic acids is 1. The molecule has 28 heavy (non-hydrogen) atoms. The van der Waals surface area contributed by atoms with Gasteiger partial charge in [0, 0.05) is 43.8 Å². The summed E-state index contributed by atoms with van der Waals surface area (Å²) < 4.78 is 0. The van der Waals surface area contributed by atoms with E-state index < -0.39 is 0 Å². The van der Waals surface area contributed by atoms with Gasteiger partial charge >= 0.3 is 0 Å². The fourth-order valence-electron chi connectivity index (χ4n) is 3.38. The molecule has 1 fully saturated rings. The average Bonchev–Trinajstić information content (AvgIpc) is 3.24. The second-order valence-electron chi connectivity index (χ2n) is 6.93. The fourth-order valence-corrected chi connectivity index (χ4v) is 4.24. The predicted octanol–water partition coefficient (Wildman–Crippen LogP) is 3.71. The van der Waals surface area contributed by atoms with Crippen LogP contribution in [0.3, 0.4) is 0 Å². The van der Waals surface area contributed by atoms with E-state index in [1.54, 1.807) is 11.3 Å². The molecule has 2 aromatic carbocycles. The van der Waals surface area contributed by atoms with E-state index in [2.05, 4.69) is 57.4 Å². The first-order chi connectivity index (χ1) is 13.7. The lowest BCUT2D eigenvalue weighted by atomic mass is 10.1. The quantitative estimate of drug-likeness (QED) is 0.719. The topological polar surface area (TPSA) is 48.5 Å². The van der Waals surface area contributed by atoms with Gasteiger partial charge in [-0.25, -0.2) is 4.98 Å². The van der Waals surface area contributed by atoms with E-state index in [4.69, 9.17) is 0 Å². The minimum atomic E-state index is -0.117. The summed E-state index contributed by atoms with van der Waals surface area (Å²) in [5.41, 5.74) is 4.07. The van der Waals surface area contributed by atoms with E-state index >= 15 is 0 Å². The van der Waals surface area contributed by atoms with Crippen molar-refractivity contribution in [3.05, 3.63) is 76.8 Å². The molecule has 1 aromatic heterocycles. The normalized spacial score (nSPS) is 14.2. The zero-order valence-corrected chi connectivity index (χ0v) is 16.8. The van der Waals surface area contributed by atoms with Crippen molar-refractivity contribution in [1.29, 1.82) is 0 Å². The van der Waals surface area contributed by atoms with Crippen LogP contribution in [-0.4, -0.2) is 37.1 Å². The number of benzene rings is 2. The molecule has 0 spiro atoms. The summed E-state index contributed by atoms with van der Waals surface area (Å²) in [5, 5.41) is 5.76. The van der Waals surface area contributed by atoms with Gasteiger partial charge < -0.3 is 15.1 Å². The fraction of sp³-hybridized carbons (Fsp3) is 0.273. The molecule has 0 saturated carbocycles. The number of rotatable bonds is 5. The van der Waals surface area contributed by atoms with Gasteiger partial charge in [-0.1, -0.05) is 42.5 Å². The Labute approximate surface area is 169 Å². The van der Waals surface area contributed by atoms with Crippen LogP contribution in [0.25, 0.3) is 0 Å². The number of carbonyl (C=O) groups is 1. The summed E-state index contributed by atoms with van der Waals surface area (Å²) in [5.74, 6) is -0.117. The molecule has 1 aliphatic rings. The number of amides is 1. The number of hydrogen-bond donors (Lipinski definition) is 1. The molecule has 0 aliphatic carbocycles. The van der Waals surface area contributed by atoms with Gasteiger partial charge in [0.1, 0.15) is 5.69 Å². The van der Waals surface area contributed by atoms with Crippen molar-refractivity contribution in [3.8, 4) is 0 Å². The first-order valence-corrected chi connectivity index (χ1v) is 10.4. The highest BCUT2D eigenvalue weighted by Gasteiger charge is 2.21. The van der Waals surface area contributed by atoms with Gasteiger partial charge in [-0.05, 0) is 30.2 Å². The second kappa shape index (κ2) is 8.44. The third-order valence-electron chi connectivity index (χ3n) is 5.10. The Bertz CT molecular complexity index is 932. The van der Waals surface area contributed by atoms with E-state index in [0.717, 1.165) is 36.9 Å². The Balaban J connectivity index is 1.33. The van der Waals surface area contributed by atoms with Crippen LogP contribution in [0.2, 0.25) is 0 Å². The van der Waals surface area contributed by atoms with Gasteiger partial charge in [-0.15, -0.1) is 11.3 Å². The van der Waals surface area contributed by atoms with Crippen LogP contribution in [0, 0.1) is 6.92 Å². The number of nitrogens with zero attached hydrogens (tertiary/aromatic N) is 3. The van der Waals surface area contributed by atoms with E-state index in [1.165, 1.54) is 11.3 Å². The first kappa shape index (κ1) is 18.5. The Morgan fingerprint density at radius 3 is 2.43 bits per heavy atom. The van der Waals surface area contributed by atoms with Gasteiger partial charge in [-0.2, -0.15) is 0 Å². The number of aryl methyl sites for hydroxylation is 1. The number of anilines is 2. The third kappa shape index (κ3) is 4.17. The van der Waals surface area contributed by atoms with Gasteiger partial charge in [0.15, 0.2) is 5.13 Å². The molecule has 0 unspecified atom stereocenters. The highest BCUT2D eigenvalue weighted by molar-refractivity contribution is 7.13. The predicted molar refractivity (Wildman–Crippen MR) is 115 cm³/mol. The van der Waals surface area contributed by atoms with E-state index in [-0.39, 0.29) is 5.91 Å². The minimum absolute atomic E-state index is 0.117. The van der Waals surface area contributed by atoms with Gasteiger partial charge in [0.2, 0.25) is 0 Å². The van der Waals surface area contributed by atoms with Crippen molar-refractivity contribution >= 4 is 28.1 Å². The number of hydrogen-bond acceptors (Lipinski definition) is 5. The molecule has 0 bridgehead atoms. The lowest BCUT2D eigenvalue weighted by molar-refractivity contribution is 0.0946. The molecular weight excluding hydrogens is 368 g/mol. The van der Waals surface area contributed by atoms with Crippen molar-refractivity contribution in [1.82, 2.24) is 10.3 Å². The second-order valence-corrected chi connectivity index (χ2v) is 7.77. The molecule has 3 aromatic rings. The molecule has 2 heterocycles. The highest BCUT2D eigenvalue weighted by atomic mass is 32.1. The van der Waals surface area contributed by atoms with E-state index in [9.17, 15) is 4.79 Å². The molecule has 1 amide bonds. The molecule has 6 heteroatoms. The van der Waals surface area contributed by atoms with Crippen molar-refractivity contribution in [3.63, 3.8) is 0 Å². The third-order valence-corrected chi connectivity index (χ3v) is 6.00.